The molecule has 0 radical (unpaired) electrons. The van der Waals surface area contributed by atoms with Crippen molar-refractivity contribution in [3.8, 4) is 0 Å². The number of carbonyl (C=O) groups is 1. The summed E-state index contributed by atoms with van der Waals surface area (Å²) in [6.07, 6.45) is 4.58. The van der Waals surface area contributed by atoms with Gasteiger partial charge < -0.3 is 5.32 Å². The molecule has 1 aliphatic rings. The number of carbonyl (C=O) groups excluding carboxylic acids is 1. The summed E-state index contributed by atoms with van der Waals surface area (Å²) in [6.45, 7) is 3.63. The highest BCUT2D eigenvalue weighted by atomic mass is 32.2. The van der Waals surface area contributed by atoms with Crippen molar-refractivity contribution in [2.24, 2.45) is 0 Å². The lowest BCUT2D eigenvalue weighted by Gasteiger charge is -2.15. The van der Waals surface area contributed by atoms with Gasteiger partial charge >= 0.3 is 0 Å². The number of sulfonamides is 1. The fourth-order valence-corrected chi connectivity index (χ4v) is 5.18. The summed E-state index contributed by atoms with van der Waals surface area (Å²) >= 11 is 1.57. The third-order valence-corrected chi connectivity index (χ3v) is 7.22. The van der Waals surface area contributed by atoms with E-state index in [0.29, 0.717) is 37.4 Å². The minimum atomic E-state index is -3.37. The zero-order chi connectivity index (χ0) is 18.6. The molecule has 0 aliphatic carbocycles. The monoisotopic (exact) mass is 393 g/mol. The summed E-state index contributed by atoms with van der Waals surface area (Å²) in [7, 11) is -3.37. The third kappa shape index (κ3) is 4.69. The van der Waals surface area contributed by atoms with E-state index in [-0.39, 0.29) is 5.91 Å². The highest BCUT2D eigenvalue weighted by Crippen LogP contribution is 2.21. The summed E-state index contributed by atoms with van der Waals surface area (Å²) in [6, 6.07) is 6.87. The number of benzene rings is 1. The molecule has 0 atom stereocenters. The smallest absolute Gasteiger partial charge is 0.243 e. The average molecular weight is 394 g/mol. The van der Waals surface area contributed by atoms with Crippen molar-refractivity contribution < 1.29 is 13.2 Å². The zero-order valence-electron chi connectivity index (χ0n) is 14.8. The number of rotatable bonds is 7. The second-order valence-corrected chi connectivity index (χ2v) is 9.63. The Bertz CT molecular complexity index is 854. The Morgan fingerprint density at radius 1 is 1.23 bits per heavy atom. The minimum Gasteiger partial charge on any atom is -0.351 e. The van der Waals surface area contributed by atoms with E-state index in [0.717, 1.165) is 28.3 Å². The van der Waals surface area contributed by atoms with Gasteiger partial charge in [-0.2, -0.15) is 4.31 Å². The fourth-order valence-electron chi connectivity index (χ4n) is 2.92. The first-order valence-corrected chi connectivity index (χ1v) is 11.0. The molecule has 1 saturated heterocycles. The first-order chi connectivity index (χ1) is 12.4. The lowest BCUT2D eigenvalue weighted by atomic mass is 10.1. The Labute approximate surface area is 158 Å². The molecule has 1 aromatic heterocycles. The molecule has 8 heteroatoms. The zero-order valence-corrected chi connectivity index (χ0v) is 16.4. The van der Waals surface area contributed by atoms with Crippen LogP contribution in [0.2, 0.25) is 0 Å². The van der Waals surface area contributed by atoms with Crippen LogP contribution in [0.1, 0.15) is 34.7 Å². The molecule has 2 aromatic rings. The van der Waals surface area contributed by atoms with Crippen LogP contribution in [0.15, 0.2) is 35.4 Å². The maximum Gasteiger partial charge on any atom is 0.243 e. The molecular weight excluding hydrogens is 370 g/mol. The van der Waals surface area contributed by atoms with Crippen LogP contribution in [0.25, 0.3) is 0 Å². The molecule has 0 unspecified atom stereocenters. The number of aromatic nitrogens is 1. The van der Waals surface area contributed by atoms with E-state index >= 15 is 0 Å². The SMILES string of the molecule is Cc1ncc(CNC(=O)CCc2ccc(S(=O)(=O)N3CCCC3)cc2)s1. The van der Waals surface area contributed by atoms with Gasteiger partial charge in [0.2, 0.25) is 15.9 Å². The molecule has 2 heterocycles. The number of hydrogen-bond acceptors (Lipinski definition) is 5. The minimum absolute atomic E-state index is 0.0233. The molecule has 0 bridgehead atoms. The van der Waals surface area contributed by atoms with Gasteiger partial charge in [-0.1, -0.05) is 12.1 Å². The van der Waals surface area contributed by atoms with Crippen LogP contribution in [0.4, 0.5) is 0 Å². The van der Waals surface area contributed by atoms with Gasteiger partial charge in [0.15, 0.2) is 0 Å². The molecule has 26 heavy (non-hydrogen) atoms. The van der Waals surface area contributed by atoms with Crippen LogP contribution < -0.4 is 5.32 Å². The van der Waals surface area contributed by atoms with Crippen LogP contribution in [0.5, 0.6) is 0 Å². The van der Waals surface area contributed by atoms with Crippen LogP contribution in [-0.4, -0.2) is 36.7 Å². The van der Waals surface area contributed by atoms with Crippen LogP contribution in [-0.2, 0) is 27.8 Å². The van der Waals surface area contributed by atoms with Crippen LogP contribution in [0.3, 0.4) is 0 Å². The number of thiazole rings is 1. The molecule has 1 fully saturated rings. The maximum absolute atomic E-state index is 12.5. The van der Waals surface area contributed by atoms with Crippen LogP contribution in [0, 0.1) is 6.92 Å². The summed E-state index contributed by atoms with van der Waals surface area (Å²) in [4.78, 5) is 17.5. The van der Waals surface area contributed by atoms with Crippen molar-refractivity contribution in [3.63, 3.8) is 0 Å². The van der Waals surface area contributed by atoms with Crippen LogP contribution >= 0.6 is 11.3 Å². The van der Waals surface area contributed by atoms with Crippen molar-refractivity contribution in [1.29, 1.82) is 0 Å². The first-order valence-electron chi connectivity index (χ1n) is 8.72. The summed E-state index contributed by atoms with van der Waals surface area (Å²) < 4.78 is 26.5. The van der Waals surface area contributed by atoms with Gasteiger partial charge in [0.05, 0.1) is 16.4 Å². The second kappa shape index (κ2) is 8.28. The molecule has 140 valence electrons. The summed E-state index contributed by atoms with van der Waals surface area (Å²) in [5, 5.41) is 3.87. The van der Waals surface area contributed by atoms with Crippen molar-refractivity contribution >= 4 is 27.3 Å². The Hall–Kier alpha value is -1.77. The molecule has 6 nitrogen and oxygen atoms in total. The van der Waals surface area contributed by atoms with Gasteiger partial charge in [-0.05, 0) is 43.9 Å². The lowest BCUT2D eigenvalue weighted by Crippen LogP contribution is -2.27. The molecule has 0 saturated carbocycles. The predicted octanol–water partition coefficient (Wildman–Crippen LogP) is 2.49. The van der Waals surface area contributed by atoms with Crippen molar-refractivity contribution in [3.05, 3.63) is 45.9 Å². The van der Waals surface area contributed by atoms with E-state index < -0.39 is 10.0 Å². The number of aryl methyl sites for hydroxylation is 2. The van der Waals surface area contributed by atoms with Gasteiger partial charge in [-0.15, -0.1) is 11.3 Å². The van der Waals surface area contributed by atoms with Crippen molar-refractivity contribution in [1.82, 2.24) is 14.6 Å². The van der Waals surface area contributed by atoms with Gasteiger partial charge in [0.25, 0.3) is 0 Å². The number of hydrogen-bond donors (Lipinski definition) is 1. The van der Waals surface area contributed by atoms with E-state index in [1.54, 1.807) is 41.8 Å². The average Bonchev–Trinajstić information content (AvgIpc) is 3.30. The quantitative estimate of drug-likeness (QED) is 0.784. The third-order valence-electron chi connectivity index (χ3n) is 4.40. The van der Waals surface area contributed by atoms with E-state index in [2.05, 4.69) is 10.3 Å². The summed E-state index contributed by atoms with van der Waals surface area (Å²) in [5.41, 5.74) is 0.953. The number of amides is 1. The van der Waals surface area contributed by atoms with E-state index in [4.69, 9.17) is 0 Å². The Balaban J connectivity index is 1.50. The molecule has 0 spiro atoms. The van der Waals surface area contributed by atoms with E-state index in [1.165, 1.54) is 4.31 Å². The Kier molecular flexibility index (Phi) is 6.05. The summed E-state index contributed by atoms with van der Waals surface area (Å²) in [5.74, 6) is -0.0233. The molecule has 1 N–H and O–H groups in total. The van der Waals surface area contributed by atoms with Gasteiger partial charge in [-0.3, -0.25) is 4.79 Å². The largest absolute Gasteiger partial charge is 0.351 e. The topological polar surface area (TPSA) is 79.4 Å². The fraction of sp³-hybridized carbons (Fsp3) is 0.444. The normalized spacial score (nSPS) is 15.3. The standard InChI is InChI=1S/C18H23N3O3S2/c1-14-19-12-16(25-14)13-20-18(22)9-6-15-4-7-17(8-5-15)26(23,24)21-10-2-3-11-21/h4-5,7-8,12H,2-3,6,9-11,13H2,1H3,(H,20,22). The second-order valence-electron chi connectivity index (χ2n) is 6.38. The van der Waals surface area contributed by atoms with E-state index in [9.17, 15) is 13.2 Å². The highest BCUT2D eigenvalue weighted by Gasteiger charge is 2.26. The molecular formula is C18H23N3O3S2. The molecule has 1 aromatic carbocycles. The van der Waals surface area contributed by atoms with Crippen molar-refractivity contribution in [2.75, 3.05) is 13.1 Å². The first kappa shape index (κ1) is 19.0. The van der Waals surface area contributed by atoms with E-state index in [1.807, 2.05) is 6.92 Å². The molecule has 1 amide bonds. The highest BCUT2D eigenvalue weighted by molar-refractivity contribution is 7.89. The molecule has 1 aliphatic heterocycles. The maximum atomic E-state index is 12.5. The van der Waals surface area contributed by atoms with Gasteiger partial charge in [0, 0.05) is 30.6 Å². The number of nitrogens with zero attached hydrogens (tertiary/aromatic N) is 2. The Morgan fingerprint density at radius 2 is 1.92 bits per heavy atom. The lowest BCUT2D eigenvalue weighted by molar-refractivity contribution is -0.121. The molecule has 3 rings (SSSR count). The predicted molar refractivity (Wildman–Crippen MR) is 101 cm³/mol. The van der Waals surface area contributed by atoms with Gasteiger partial charge in [-0.25, -0.2) is 13.4 Å². The van der Waals surface area contributed by atoms with Gasteiger partial charge in [0.1, 0.15) is 0 Å². The number of nitrogens with one attached hydrogen (secondary N) is 1. The van der Waals surface area contributed by atoms with Crippen molar-refractivity contribution in [2.45, 2.75) is 44.0 Å². The Morgan fingerprint density at radius 3 is 2.54 bits per heavy atom.